The number of amides is 2. The quantitative estimate of drug-likeness (QED) is 0.144. The predicted octanol–water partition coefficient (Wildman–Crippen LogP) is 3.30. The lowest BCUT2D eigenvalue weighted by molar-refractivity contribution is -0.385. The summed E-state index contributed by atoms with van der Waals surface area (Å²) in [6.45, 7) is 1.20. The number of nitro benzene ring substituents is 2. The van der Waals surface area contributed by atoms with Crippen LogP contribution in [0, 0.1) is 20.2 Å². The molecule has 0 aliphatic carbocycles. The van der Waals surface area contributed by atoms with Gasteiger partial charge in [-0.2, -0.15) is 0 Å². The normalized spacial score (nSPS) is 10.4. The SMILES string of the molecule is COc1cc(C(NC(=O)c2cccc([N+](=O)[O-])c2)NC(=O)c2cccc([N+](=O)[O-])c2)ccc1OC(C)=O. The molecule has 0 spiro atoms. The van der Waals surface area contributed by atoms with Gasteiger partial charge in [-0.25, -0.2) is 0 Å². The smallest absolute Gasteiger partial charge is 0.308 e. The van der Waals surface area contributed by atoms with Crippen molar-refractivity contribution >= 4 is 29.2 Å². The van der Waals surface area contributed by atoms with Crippen molar-refractivity contribution in [3.8, 4) is 11.5 Å². The number of rotatable bonds is 9. The number of ether oxygens (including phenoxy) is 2. The first kappa shape index (κ1) is 26.3. The van der Waals surface area contributed by atoms with Crippen molar-refractivity contribution in [2.75, 3.05) is 7.11 Å². The number of carbonyl (C=O) groups excluding carboxylic acids is 3. The highest BCUT2D eigenvalue weighted by Crippen LogP contribution is 2.30. The second-order valence-electron chi connectivity index (χ2n) is 7.50. The summed E-state index contributed by atoms with van der Waals surface area (Å²) in [7, 11) is 1.32. The number of benzene rings is 3. The van der Waals surface area contributed by atoms with Crippen LogP contribution in [0.15, 0.2) is 66.7 Å². The minimum Gasteiger partial charge on any atom is -0.493 e. The van der Waals surface area contributed by atoms with Gasteiger partial charge in [0.2, 0.25) is 0 Å². The van der Waals surface area contributed by atoms with Crippen LogP contribution < -0.4 is 20.1 Å². The fourth-order valence-corrected chi connectivity index (χ4v) is 3.26. The first-order valence-electron chi connectivity index (χ1n) is 10.6. The molecular formula is C24H20N4O9. The molecule has 0 aromatic heterocycles. The fourth-order valence-electron chi connectivity index (χ4n) is 3.26. The minimum absolute atomic E-state index is 0.0488. The lowest BCUT2D eigenvalue weighted by Crippen LogP contribution is -2.41. The maximum atomic E-state index is 13.0. The van der Waals surface area contributed by atoms with E-state index in [1.54, 1.807) is 0 Å². The number of methoxy groups -OCH3 is 1. The Bertz CT molecular complexity index is 1320. The van der Waals surface area contributed by atoms with Crippen molar-refractivity contribution in [1.82, 2.24) is 10.6 Å². The molecular weight excluding hydrogens is 488 g/mol. The average molecular weight is 508 g/mol. The van der Waals surface area contributed by atoms with Crippen LogP contribution in [0.2, 0.25) is 0 Å². The summed E-state index contributed by atoms with van der Waals surface area (Å²) in [6, 6.07) is 14.2. The summed E-state index contributed by atoms with van der Waals surface area (Å²) in [5.74, 6) is -1.90. The van der Waals surface area contributed by atoms with Crippen LogP contribution in [-0.4, -0.2) is 34.7 Å². The summed E-state index contributed by atoms with van der Waals surface area (Å²) in [6.07, 6.45) is -1.22. The Morgan fingerprint density at radius 1 is 0.784 bits per heavy atom. The molecule has 190 valence electrons. The van der Waals surface area contributed by atoms with Crippen molar-refractivity contribution in [2.45, 2.75) is 13.1 Å². The molecule has 0 aliphatic heterocycles. The van der Waals surface area contributed by atoms with Gasteiger partial charge in [-0.05, 0) is 29.8 Å². The lowest BCUT2D eigenvalue weighted by atomic mass is 10.1. The van der Waals surface area contributed by atoms with Gasteiger partial charge in [-0.1, -0.05) is 18.2 Å². The van der Waals surface area contributed by atoms with Gasteiger partial charge in [0, 0.05) is 42.3 Å². The van der Waals surface area contributed by atoms with E-state index in [0.717, 1.165) is 12.1 Å². The number of nitrogens with one attached hydrogen (secondary N) is 2. The van der Waals surface area contributed by atoms with E-state index in [2.05, 4.69) is 10.6 Å². The van der Waals surface area contributed by atoms with E-state index < -0.39 is 33.8 Å². The minimum atomic E-state index is -1.22. The Balaban J connectivity index is 1.98. The Morgan fingerprint density at radius 2 is 1.30 bits per heavy atom. The number of carbonyl (C=O) groups is 3. The Kier molecular flexibility index (Phi) is 8.09. The van der Waals surface area contributed by atoms with Crippen molar-refractivity contribution in [2.24, 2.45) is 0 Å². The van der Waals surface area contributed by atoms with Crippen molar-refractivity contribution in [3.05, 3.63) is 104 Å². The third-order valence-electron chi connectivity index (χ3n) is 4.96. The number of non-ortho nitro benzene ring substituents is 2. The van der Waals surface area contributed by atoms with E-state index in [9.17, 15) is 34.6 Å². The van der Waals surface area contributed by atoms with E-state index in [0.29, 0.717) is 0 Å². The van der Waals surface area contributed by atoms with Gasteiger partial charge < -0.3 is 20.1 Å². The Morgan fingerprint density at radius 3 is 1.73 bits per heavy atom. The molecule has 2 N–H and O–H groups in total. The maximum absolute atomic E-state index is 13.0. The summed E-state index contributed by atoms with van der Waals surface area (Å²) >= 11 is 0. The molecule has 0 saturated heterocycles. The molecule has 13 nitrogen and oxygen atoms in total. The molecule has 3 rings (SSSR count). The molecule has 0 unspecified atom stereocenters. The van der Waals surface area contributed by atoms with Crippen molar-refractivity contribution in [3.63, 3.8) is 0 Å². The molecule has 3 aromatic rings. The average Bonchev–Trinajstić information content (AvgIpc) is 2.88. The zero-order valence-electron chi connectivity index (χ0n) is 19.5. The summed E-state index contributed by atoms with van der Waals surface area (Å²) < 4.78 is 10.3. The van der Waals surface area contributed by atoms with Crippen LogP contribution in [-0.2, 0) is 4.79 Å². The predicted molar refractivity (Wildman–Crippen MR) is 128 cm³/mol. The van der Waals surface area contributed by atoms with Crippen LogP contribution in [0.3, 0.4) is 0 Å². The van der Waals surface area contributed by atoms with E-state index in [-0.39, 0.29) is 39.6 Å². The Hall–Kier alpha value is -5.33. The zero-order valence-corrected chi connectivity index (χ0v) is 19.5. The molecule has 3 aromatic carbocycles. The largest absolute Gasteiger partial charge is 0.493 e. The van der Waals surface area contributed by atoms with E-state index >= 15 is 0 Å². The Labute approximate surface area is 209 Å². The highest BCUT2D eigenvalue weighted by atomic mass is 16.6. The van der Waals surface area contributed by atoms with Gasteiger partial charge in [-0.3, -0.25) is 34.6 Å². The topological polar surface area (TPSA) is 180 Å². The van der Waals surface area contributed by atoms with Crippen LogP contribution in [0.1, 0.15) is 39.4 Å². The molecule has 0 aliphatic rings. The van der Waals surface area contributed by atoms with E-state index in [1.165, 1.54) is 68.6 Å². The van der Waals surface area contributed by atoms with Crippen molar-refractivity contribution in [1.29, 1.82) is 0 Å². The van der Waals surface area contributed by atoms with Crippen molar-refractivity contribution < 1.29 is 33.7 Å². The fraction of sp³-hybridized carbons (Fsp3) is 0.125. The highest BCUT2D eigenvalue weighted by molar-refractivity contribution is 5.97. The van der Waals surface area contributed by atoms with Crippen LogP contribution in [0.25, 0.3) is 0 Å². The van der Waals surface area contributed by atoms with Gasteiger partial charge in [-0.15, -0.1) is 0 Å². The molecule has 0 saturated carbocycles. The third-order valence-corrected chi connectivity index (χ3v) is 4.96. The lowest BCUT2D eigenvalue weighted by Gasteiger charge is -2.22. The van der Waals surface area contributed by atoms with Gasteiger partial charge in [0.25, 0.3) is 23.2 Å². The number of hydrogen-bond donors (Lipinski definition) is 2. The molecule has 0 fully saturated rings. The van der Waals surface area contributed by atoms with Gasteiger partial charge in [0.1, 0.15) is 6.17 Å². The standard InChI is InChI=1S/C24H20N4O9/c1-14(29)37-20-10-9-15(13-21(20)36-2)22(25-23(30)16-5-3-7-18(11-16)27(32)33)26-24(31)17-6-4-8-19(12-17)28(34)35/h3-13,22H,1-2H3,(H,25,30)(H,26,31). The number of hydrogen-bond acceptors (Lipinski definition) is 9. The molecule has 0 heterocycles. The van der Waals surface area contributed by atoms with Gasteiger partial charge >= 0.3 is 5.97 Å². The summed E-state index contributed by atoms with van der Waals surface area (Å²) in [5, 5.41) is 27.3. The molecule has 0 bridgehead atoms. The molecule has 13 heteroatoms. The third kappa shape index (κ3) is 6.63. The number of esters is 1. The highest BCUT2D eigenvalue weighted by Gasteiger charge is 2.23. The summed E-state index contributed by atoms with van der Waals surface area (Å²) in [5.41, 5.74) is -0.431. The van der Waals surface area contributed by atoms with Crippen LogP contribution in [0.5, 0.6) is 11.5 Å². The van der Waals surface area contributed by atoms with Crippen LogP contribution >= 0.6 is 0 Å². The van der Waals surface area contributed by atoms with Gasteiger partial charge in [0.05, 0.1) is 17.0 Å². The number of nitrogens with zero attached hydrogens (tertiary/aromatic N) is 2. The molecule has 37 heavy (non-hydrogen) atoms. The summed E-state index contributed by atoms with van der Waals surface area (Å²) in [4.78, 5) is 58.2. The molecule has 0 atom stereocenters. The first-order valence-corrected chi connectivity index (χ1v) is 10.6. The van der Waals surface area contributed by atoms with Gasteiger partial charge in [0.15, 0.2) is 11.5 Å². The number of nitro groups is 2. The van der Waals surface area contributed by atoms with Crippen LogP contribution in [0.4, 0.5) is 11.4 Å². The monoisotopic (exact) mass is 508 g/mol. The molecule has 2 amide bonds. The second-order valence-corrected chi connectivity index (χ2v) is 7.50. The van der Waals surface area contributed by atoms with E-state index in [4.69, 9.17) is 9.47 Å². The first-order chi connectivity index (χ1) is 17.6. The zero-order chi connectivity index (χ0) is 27.1. The van der Waals surface area contributed by atoms with E-state index in [1.807, 2.05) is 0 Å². The maximum Gasteiger partial charge on any atom is 0.308 e. The molecule has 0 radical (unpaired) electrons. The second kappa shape index (κ2) is 11.4.